The van der Waals surface area contributed by atoms with Gasteiger partial charge >= 0.3 is 24.1 Å². The first-order valence-corrected chi connectivity index (χ1v) is 20.6. The van der Waals surface area contributed by atoms with E-state index in [-0.39, 0.29) is 55.4 Å². The molecule has 1 unspecified atom stereocenters. The van der Waals surface area contributed by atoms with Crippen LogP contribution in [0.25, 0.3) is 0 Å². The van der Waals surface area contributed by atoms with Gasteiger partial charge < -0.3 is 38.3 Å². The highest BCUT2D eigenvalue weighted by atomic mass is 32.2. The number of alkyl halides is 3. The molecule has 2 saturated heterocycles. The van der Waals surface area contributed by atoms with Gasteiger partial charge in [-0.3, -0.25) is 19.9 Å². The molecule has 3 aromatic carbocycles. The number of nitrogens with one attached hydrogen (secondary N) is 1. The zero-order chi connectivity index (χ0) is 43.4. The number of halogens is 3. The van der Waals surface area contributed by atoms with Crippen LogP contribution < -0.4 is 33.7 Å². The number of esters is 3. The van der Waals surface area contributed by atoms with Crippen LogP contribution in [0.3, 0.4) is 0 Å². The Morgan fingerprint density at radius 2 is 1.77 bits per heavy atom. The average molecular weight is 867 g/mol. The van der Waals surface area contributed by atoms with E-state index in [0.29, 0.717) is 57.1 Å². The van der Waals surface area contributed by atoms with Gasteiger partial charge in [-0.2, -0.15) is 18.4 Å². The number of phenols is 1. The number of methoxy groups -OCH3 is 2. The molecule has 7 heterocycles. The number of likely N-dealkylation sites (N-methyl/N-ethyl adjacent to an activating group) is 1. The van der Waals surface area contributed by atoms with Gasteiger partial charge in [-0.1, -0.05) is 6.07 Å². The van der Waals surface area contributed by atoms with Crippen molar-refractivity contribution >= 4 is 29.7 Å². The third-order valence-corrected chi connectivity index (χ3v) is 14.3. The lowest BCUT2D eigenvalue weighted by molar-refractivity contribution is -0.189. The molecule has 3 aromatic rings. The molecule has 4 bridgehead atoms. The SMILES string of the molecule is COc1cc2c(cc1OC(=O)C(F)(F)F)CCN[C@]21CS[C@@H]2c3c(OC(C)=O)c(C)c4c(c3[C@H](COC1=O)N1C2[C@H]2c3c(cc(C)c(OC)c3O)C[C@H]([C@@H]1C#N)N2C)OCO4. The van der Waals surface area contributed by atoms with E-state index >= 15 is 0 Å². The number of benzene rings is 3. The summed E-state index contributed by atoms with van der Waals surface area (Å²) in [7, 11) is 4.60. The Bertz CT molecular complexity index is 2460. The Kier molecular flexibility index (Phi) is 9.81. The topological polar surface area (TPSA) is 178 Å². The first kappa shape index (κ1) is 41.0. The average Bonchev–Trinajstić information content (AvgIpc) is 3.70. The van der Waals surface area contributed by atoms with Crippen molar-refractivity contribution < 1.29 is 65.8 Å². The summed E-state index contributed by atoms with van der Waals surface area (Å²) in [6.07, 6.45) is -4.62. The maximum Gasteiger partial charge on any atom is 0.491 e. The Morgan fingerprint density at radius 3 is 2.46 bits per heavy atom. The molecule has 61 heavy (non-hydrogen) atoms. The van der Waals surface area contributed by atoms with E-state index in [1.54, 1.807) is 6.92 Å². The highest BCUT2D eigenvalue weighted by Crippen LogP contribution is 2.64. The molecular weight excluding hydrogens is 826 g/mol. The lowest BCUT2D eigenvalue weighted by Crippen LogP contribution is -2.69. The number of thioether (sulfide) groups is 1. The fourth-order valence-electron chi connectivity index (χ4n) is 10.4. The van der Waals surface area contributed by atoms with Crippen LogP contribution in [-0.4, -0.2) is 104 Å². The number of aromatic hydroxyl groups is 1. The van der Waals surface area contributed by atoms with Gasteiger partial charge in [0.2, 0.25) is 6.79 Å². The van der Waals surface area contributed by atoms with E-state index in [0.717, 1.165) is 11.1 Å². The number of carbonyl (C=O) groups excluding carboxylic acids is 3. The fourth-order valence-corrected chi connectivity index (χ4v) is 12.1. The van der Waals surface area contributed by atoms with Gasteiger partial charge in [-0.25, -0.2) is 9.59 Å². The summed E-state index contributed by atoms with van der Waals surface area (Å²) in [6, 6.07) is 3.89. The number of rotatable bonds is 4. The van der Waals surface area contributed by atoms with Crippen molar-refractivity contribution in [2.45, 2.75) is 80.8 Å². The first-order chi connectivity index (χ1) is 29.1. The van der Waals surface area contributed by atoms with E-state index in [9.17, 15) is 37.9 Å². The Morgan fingerprint density at radius 1 is 1.02 bits per heavy atom. The Balaban J connectivity index is 1.29. The number of aryl methyl sites for hydroxylation is 1. The van der Waals surface area contributed by atoms with E-state index in [2.05, 4.69) is 21.2 Å². The highest BCUT2D eigenvalue weighted by Gasteiger charge is 2.62. The van der Waals surface area contributed by atoms with Crippen LogP contribution in [0.15, 0.2) is 18.2 Å². The zero-order valence-corrected chi connectivity index (χ0v) is 34.7. The second-order valence-corrected chi connectivity index (χ2v) is 17.1. The van der Waals surface area contributed by atoms with Crippen molar-refractivity contribution in [1.29, 1.82) is 5.26 Å². The second-order valence-electron chi connectivity index (χ2n) is 16.0. The molecule has 322 valence electrons. The van der Waals surface area contributed by atoms with Crippen LogP contribution in [0.5, 0.6) is 40.2 Å². The summed E-state index contributed by atoms with van der Waals surface area (Å²) in [6.45, 7) is 4.61. The molecule has 7 aliphatic rings. The molecule has 0 aromatic heterocycles. The minimum absolute atomic E-state index is 0.0386. The largest absolute Gasteiger partial charge is 0.504 e. The van der Waals surface area contributed by atoms with Gasteiger partial charge in [-0.05, 0) is 68.1 Å². The summed E-state index contributed by atoms with van der Waals surface area (Å²) in [5, 5.41) is 25.9. The van der Waals surface area contributed by atoms with Crippen molar-refractivity contribution in [1.82, 2.24) is 15.1 Å². The van der Waals surface area contributed by atoms with Crippen molar-refractivity contribution in [3.05, 3.63) is 62.7 Å². The van der Waals surface area contributed by atoms with Gasteiger partial charge in [-0.15, -0.1) is 11.8 Å². The van der Waals surface area contributed by atoms with Crippen molar-refractivity contribution in [3.8, 4) is 46.3 Å². The Hall–Kier alpha value is -5.42. The lowest BCUT2D eigenvalue weighted by atomic mass is 9.71. The van der Waals surface area contributed by atoms with Gasteiger partial charge in [0.25, 0.3) is 0 Å². The summed E-state index contributed by atoms with van der Waals surface area (Å²) in [5.41, 5.74) is 2.91. The van der Waals surface area contributed by atoms with Crippen LogP contribution in [0, 0.1) is 25.2 Å². The molecule has 19 heteroatoms. The van der Waals surface area contributed by atoms with Crippen molar-refractivity contribution in [2.75, 3.05) is 47.0 Å². The molecule has 0 amide bonds. The number of piperazine rings is 1. The van der Waals surface area contributed by atoms with Gasteiger partial charge in [0.1, 0.15) is 18.4 Å². The van der Waals surface area contributed by atoms with E-state index in [1.807, 2.05) is 20.0 Å². The summed E-state index contributed by atoms with van der Waals surface area (Å²) in [4.78, 5) is 44.0. The smallest absolute Gasteiger partial charge is 0.491 e. The molecule has 7 atom stereocenters. The highest BCUT2D eigenvalue weighted by molar-refractivity contribution is 7.99. The second kappa shape index (κ2) is 14.6. The minimum atomic E-state index is -5.28. The number of hydrogen-bond acceptors (Lipinski definition) is 16. The number of nitriles is 1. The number of carbonyl (C=O) groups is 3. The number of nitrogens with zero attached hydrogens (tertiary/aromatic N) is 3. The van der Waals surface area contributed by atoms with E-state index in [1.165, 1.54) is 45.0 Å². The molecule has 0 saturated carbocycles. The third-order valence-electron chi connectivity index (χ3n) is 12.9. The van der Waals surface area contributed by atoms with E-state index < -0.39 is 64.8 Å². The molecule has 2 N–H and O–H groups in total. The number of fused-ring (bicyclic) bond motifs is 9. The molecule has 7 aliphatic heterocycles. The Labute approximate surface area is 351 Å². The predicted octanol–water partition coefficient (Wildman–Crippen LogP) is 4.75. The van der Waals surface area contributed by atoms with Gasteiger partial charge in [0.15, 0.2) is 40.0 Å². The van der Waals surface area contributed by atoms with Crippen molar-refractivity contribution in [3.63, 3.8) is 0 Å². The summed E-state index contributed by atoms with van der Waals surface area (Å²) in [5.74, 6) is -3.27. The van der Waals surface area contributed by atoms with Crippen LogP contribution in [-0.2, 0) is 37.5 Å². The molecule has 10 rings (SSSR count). The van der Waals surface area contributed by atoms with Gasteiger partial charge in [0, 0.05) is 53.6 Å². The number of hydrogen-bond donors (Lipinski definition) is 2. The van der Waals surface area contributed by atoms with Crippen LogP contribution in [0.2, 0.25) is 0 Å². The molecule has 2 fully saturated rings. The number of ether oxygens (including phenoxy) is 7. The molecule has 0 aliphatic carbocycles. The zero-order valence-electron chi connectivity index (χ0n) is 33.9. The maximum absolute atomic E-state index is 14.9. The molecule has 0 radical (unpaired) electrons. The van der Waals surface area contributed by atoms with E-state index in [4.69, 9.17) is 33.2 Å². The summed E-state index contributed by atoms with van der Waals surface area (Å²) >= 11 is 1.32. The number of phenolic OH excluding ortho intramolecular Hbond substituents is 1. The monoisotopic (exact) mass is 866 g/mol. The molecule has 15 nitrogen and oxygen atoms in total. The van der Waals surface area contributed by atoms with Crippen LogP contribution in [0.4, 0.5) is 13.2 Å². The molecule has 1 spiro atoms. The van der Waals surface area contributed by atoms with Crippen LogP contribution in [0.1, 0.15) is 68.8 Å². The molecular formula is C42H41F3N4O11S. The maximum atomic E-state index is 14.9. The van der Waals surface area contributed by atoms with Gasteiger partial charge in [0.05, 0.1) is 37.6 Å². The fraction of sp³-hybridized carbons (Fsp3) is 0.476. The predicted molar refractivity (Wildman–Crippen MR) is 208 cm³/mol. The standard InChI is InChI=1S/C42H41F3N4O11S/c1-17-9-21-10-23-24(13-46)49-25-14-56-39(52)41(22-12-26(54-5)27(11-20(22)7-8-47-41)60-40(53)42(43,44)45)15-61-38(32(49)31(48(23)4)28(21)33(51)34(17)55-6)30-29(25)37-36(57-16-58-37)18(2)35(30)59-19(3)50/h9,11-12,23-25,31-32,38,47,51H,7-8,10,14-16H2,1-6H3/t23-,24+,25+,31-,32?,38-,41-/m1/s1. The lowest BCUT2D eigenvalue weighted by Gasteiger charge is -2.62. The first-order valence-electron chi connectivity index (χ1n) is 19.5. The van der Waals surface area contributed by atoms with Crippen molar-refractivity contribution in [2.24, 2.45) is 0 Å². The third kappa shape index (κ3) is 6.00. The quantitative estimate of drug-likeness (QED) is 0.271. The summed E-state index contributed by atoms with van der Waals surface area (Å²) < 4.78 is 80.5. The minimum Gasteiger partial charge on any atom is -0.504 e. The normalized spacial score (nSPS) is 27.4. The van der Waals surface area contributed by atoms with Crippen LogP contribution >= 0.6 is 11.8 Å².